The molecule has 6 heteroatoms. The van der Waals surface area contributed by atoms with Gasteiger partial charge in [0, 0.05) is 43.2 Å². The molecule has 1 atom stereocenters. The molecular formula is C17H21N3O3. The van der Waals surface area contributed by atoms with Crippen molar-refractivity contribution in [3.05, 3.63) is 23.8 Å². The Bertz CT molecular complexity index is 665. The van der Waals surface area contributed by atoms with E-state index in [1.165, 1.54) is 19.3 Å². The Kier molecular flexibility index (Phi) is 3.52. The number of nitrogens with one attached hydrogen (secondary N) is 2. The van der Waals surface area contributed by atoms with Crippen molar-refractivity contribution < 1.29 is 14.3 Å². The van der Waals surface area contributed by atoms with Gasteiger partial charge in [-0.3, -0.25) is 4.79 Å². The summed E-state index contributed by atoms with van der Waals surface area (Å²) in [4.78, 5) is 14.5. The molecule has 1 saturated heterocycles. The maximum Gasteiger partial charge on any atom is 0.246 e. The van der Waals surface area contributed by atoms with Crippen LogP contribution in [-0.4, -0.2) is 43.8 Å². The summed E-state index contributed by atoms with van der Waals surface area (Å²) < 4.78 is 11.0. The number of hydrogen-bond acceptors (Lipinski definition) is 5. The molecule has 6 nitrogen and oxygen atoms in total. The molecule has 3 heterocycles. The molecule has 0 saturated carbocycles. The van der Waals surface area contributed by atoms with Crippen LogP contribution in [0.4, 0.5) is 5.69 Å². The van der Waals surface area contributed by atoms with Crippen molar-refractivity contribution in [2.45, 2.75) is 25.3 Å². The fraction of sp³-hybridized carbons (Fsp3) is 0.471. The predicted octanol–water partition coefficient (Wildman–Crippen LogP) is 1.78. The first-order chi connectivity index (χ1) is 11.3. The minimum atomic E-state index is -0.371. The lowest BCUT2D eigenvalue weighted by atomic mass is 9.98. The van der Waals surface area contributed by atoms with Crippen molar-refractivity contribution in [3.8, 4) is 11.5 Å². The first-order valence-electron chi connectivity index (χ1n) is 8.15. The minimum Gasteiger partial charge on any atom is -0.454 e. The van der Waals surface area contributed by atoms with Gasteiger partial charge < -0.3 is 25.0 Å². The number of carbonyl (C=O) groups is 1. The molecule has 23 heavy (non-hydrogen) atoms. The largest absolute Gasteiger partial charge is 0.454 e. The van der Waals surface area contributed by atoms with Crippen LogP contribution in [0.15, 0.2) is 18.2 Å². The highest BCUT2D eigenvalue weighted by atomic mass is 16.7. The SMILES string of the molecule is CNC(=O)C1C=C(N2CCCCC2)c2cc3c(cc2N1)OCO3. The highest BCUT2D eigenvalue weighted by Crippen LogP contribution is 2.42. The van der Waals surface area contributed by atoms with Crippen LogP contribution in [-0.2, 0) is 4.79 Å². The number of anilines is 1. The van der Waals surface area contributed by atoms with E-state index in [2.05, 4.69) is 15.5 Å². The average molecular weight is 315 g/mol. The van der Waals surface area contributed by atoms with Gasteiger partial charge in [-0.15, -0.1) is 0 Å². The molecule has 0 radical (unpaired) electrons. The zero-order valence-electron chi connectivity index (χ0n) is 13.2. The van der Waals surface area contributed by atoms with Crippen molar-refractivity contribution >= 4 is 17.3 Å². The topological polar surface area (TPSA) is 62.8 Å². The lowest BCUT2D eigenvalue weighted by Gasteiger charge is -2.35. The van der Waals surface area contributed by atoms with Crippen LogP contribution in [0.1, 0.15) is 24.8 Å². The van der Waals surface area contributed by atoms with E-state index in [0.29, 0.717) is 0 Å². The Morgan fingerprint density at radius 2 is 1.96 bits per heavy atom. The van der Waals surface area contributed by atoms with Gasteiger partial charge in [0.15, 0.2) is 11.5 Å². The van der Waals surface area contributed by atoms with Gasteiger partial charge in [0.25, 0.3) is 0 Å². The highest BCUT2D eigenvalue weighted by molar-refractivity contribution is 5.93. The molecule has 0 aliphatic carbocycles. The number of carbonyl (C=O) groups excluding carboxylic acids is 1. The summed E-state index contributed by atoms with van der Waals surface area (Å²) in [6.45, 7) is 2.31. The summed E-state index contributed by atoms with van der Waals surface area (Å²) in [5.74, 6) is 1.46. The standard InChI is InChI=1S/C17H21N3O3/c1-18-17(21)13-8-14(20-5-3-2-4-6-20)11-7-15-16(23-10-22-15)9-12(11)19-13/h7-9,13,19H,2-6,10H2,1H3,(H,18,21). The summed E-state index contributed by atoms with van der Waals surface area (Å²) >= 11 is 0. The number of nitrogens with zero attached hydrogens (tertiary/aromatic N) is 1. The number of hydrogen-bond donors (Lipinski definition) is 2. The second-order valence-corrected chi connectivity index (χ2v) is 6.09. The van der Waals surface area contributed by atoms with E-state index in [1.807, 2.05) is 18.2 Å². The van der Waals surface area contributed by atoms with Crippen molar-refractivity contribution in [1.29, 1.82) is 0 Å². The van der Waals surface area contributed by atoms with E-state index in [-0.39, 0.29) is 18.7 Å². The Hall–Kier alpha value is -2.37. The third kappa shape index (κ3) is 2.48. The molecule has 4 rings (SSSR count). The fourth-order valence-corrected chi connectivity index (χ4v) is 3.44. The van der Waals surface area contributed by atoms with Crippen molar-refractivity contribution in [1.82, 2.24) is 10.2 Å². The predicted molar refractivity (Wildman–Crippen MR) is 87.4 cm³/mol. The van der Waals surface area contributed by atoms with E-state index >= 15 is 0 Å². The van der Waals surface area contributed by atoms with Gasteiger partial charge in [-0.1, -0.05) is 0 Å². The number of likely N-dealkylation sites (tertiary alicyclic amines) is 1. The first-order valence-corrected chi connectivity index (χ1v) is 8.15. The zero-order chi connectivity index (χ0) is 15.8. The van der Waals surface area contributed by atoms with Gasteiger partial charge in [-0.05, 0) is 31.4 Å². The van der Waals surface area contributed by atoms with Gasteiger partial charge in [0.1, 0.15) is 6.04 Å². The number of benzene rings is 1. The number of ether oxygens (including phenoxy) is 2. The van der Waals surface area contributed by atoms with Crippen LogP contribution in [0.3, 0.4) is 0 Å². The van der Waals surface area contributed by atoms with Crippen LogP contribution in [0.25, 0.3) is 5.70 Å². The second kappa shape index (κ2) is 5.68. The van der Waals surface area contributed by atoms with Crippen LogP contribution >= 0.6 is 0 Å². The number of amides is 1. The number of likely N-dealkylation sites (N-methyl/N-ethyl adjacent to an activating group) is 1. The lowest BCUT2D eigenvalue weighted by Crippen LogP contribution is -2.40. The third-order valence-electron chi connectivity index (χ3n) is 4.65. The molecule has 1 fully saturated rings. The number of piperidine rings is 1. The lowest BCUT2D eigenvalue weighted by molar-refractivity contribution is -0.120. The Morgan fingerprint density at radius 1 is 1.22 bits per heavy atom. The maximum atomic E-state index is 12.1. The normalized spacial score (nSPS) is 22.0. The van der Waals surface area contributed by atoms with Crippen LogP contribution in [0, 0.1) is 0 Å². The van der Waals surface area contributed by atoms with E-state index in [1.54, 1.807) is 7.05 Å². The molecule has 0 spiro atoms. The zero-order valence-corrected chi connectivity index (χ0v) is 13.2. The number of rotatable bonds is 2. The van der Waals surface area contributed by atoms with Crippen LogP contribution < -0.4 is 20.1 Å². The number of fused-ring (bicyclic) bond motifs is 2. The summed E-state index contributed by atoms with van der Waals surface area (Å²) in [5, 5.41) is 6.02. The van der Waals surface area contributed by atoms with Gasteiger partial charge in [-0.25, -0.2) is 0 Å². The maximum absolute atomic E-state index is 12.1. The molecule has 122 valence electrons. The molecule has 2 N–H and O–H groups in total. The monoisotopic (exact) mass is 315 g/mol. The summed E-state index contributed by atoms with van der Waals surface area (Å²) in [6, 6.07) is 3.58. The third-order valence-corrected chi connectivity index (χ3v) is 4.65. The van der Waals surface area contributed by atoms with Crippen molar-refractivity contribution in [2.24, 2.45) is 0 Å². The Balaban J connectivity index is 1.76. The molecular weight excluding hydrogens is 294 g/mol. The first kappa shape index (κ1) is 14.2. The minimum absolute atomic E-state index is 0.0390. The van der Waals surface area contributed by atoms with Gasteiger partial charge in [0.05, 0.1) is 0 Å². The molecule has 1 unspecified atom stereocenters. The van der Waals surface area contributed by atoms with Crippen molar-refractivity contribution in [3.63, 3.8) is 0 Å². The van der Waals surface area contributed by atoms with Crippen LogP contribution in [0.2, 0.25) is 0 Å². The molecule has 0 aromatic heterocycles. The molecule has 3 aliphatic rings. The Morgan fingerprint density at radius 3 is 2.70 bits per heavy atom. The summed E-state index contributed by atoms with van der Waals surface area (Å²) in [7, 11) is 1.66. The van der Waals surface area contributed by atoms with Gasteiger partial charge in [0.2, 0.25) is 12.7 Å². The molecule has 1 aromatic rings. The molecule has 3 aliphatic heterocycles. The second-order valence-electron chi connectivity index (χ2n) is 6.09. The van der Waals surface area contributed by atoms with E-state index in [4.69, 9.17) is 9.47 Å². The van der Waals surface area contributed by atoms with E-state index in [9.17, 15) is 4.79 Å². The van der Waals surface area contributed by atoms with E-state index < -0.39 is 0 Å². The molecule has 1 aromatic carbocycles. The van der Waals surface area contributed by atoms with Gasteiger partial charge in [-0.2, -0.15) is 0 Å². The van der Waals surface area contributed by atoms with Crippen LogP contribution in [0.5, 0.6) is 11.5 Å². The van der Waals surface area contributed by atoms with Crippen molar-refractivity contribution in [2.75, 3.05) is 32.2 Å². The van der Waals surface area contributed by atoms with E-state index in [0.717, 1.165) is 41.5 Å². The smallest absolute Gasteiger partial charge is 0.246 e. The highest BCUT2D eigenvalue weighted by Gasteiger charge is 2.29. The Labute approximate surface area is 135 Å². The van der Waals surface area contributed by atoms with Gasteiger partial charge >= 0.3 is 0 Å². The summed E-state index contributed by atoms with van der Waals surface area (Å²) in [5.41, 5.74) is 3.12. The average Bonchev–Trinajstić information content (AvgIpc) is 3.06. The molecule has 0 bridgehead atoms. The molecule has 1 amide bonds. The quantitative estimate of drug-likeness (QED) is 0.871. The summed E-state index contributed by atoms with van der Waals surface area (Å²) in [6.07, 6.45) is 5.67. The fourth-order valence-electron chi connectivity index (χ4n) is 3.44.